The normalized spacial score (nSPS) is 13.3. The van der Waals surface area contributed by atoms with E-state index in [-0.39, 0.29) is 6.54 Å². The highest BCUT2D eigenvalue weighted by Crippen LogP contribution is 2.22. The molecule has 0 bridgehead atoms. The number of benzene rings is 1. The van der Waals surface area contributed by atoms with Crippen molar-refractivity contribution >= 4 is 17.7 Å². The van der Waals surface area contributed by atoms with Gasteiger partial charge in [-0.3, -0.25) is 0 Å². The predicted molar refractivity (Wildman–Crippen MR) is 80.5 cm³/mol. The molecule has 0 aliphatic carbocycles. The molecule has 1 unspecified atom stereocenters. The smallest absolute Gasteiger partial charge is 0.337 e. The number of urea groups is 1. The van der Waals surface area contributed by atoms with E-state index in [0.717, 1.165) is 36.6 Å². The van der Waals surface area contributed by atoms with Crippen molar-refractivity contribution in [3.05, 3.63) is 29.3 Å². The van der Waals surface area contributed by atoms with Gasteiger partial charge in [-0.1, -0.05) is 32.0 Å². The molecule has 2 amide bonds. The van der Waals surface area contributed by atoms with Gasteiger partial charge in [-0.25, -0.2) is 9.59 Å². The van der Waals surface area contributed by atoms with Crippen molar-refractivity contribution in [1.29, 1.82) is 0 Å². The number of carbonyl (C=O) groups excluding carboxylic acids is 1. The molecular formula is C15H22N2O4. The standard InChI is InChI=1S/C15H22N2O4/c1-4-10-7-6-8-11(5-2)12(10)17-14(20)16-9-15(3,21)13(18)19/h6-8,21H,4-5,9H2,1-3H3,(H,18,19)(H2,16,17,20). The molecule has 1 rings (SSSR count). The summed E-state index contributed by atoms with van der Waals surface area (Å²) in [6, 6.07) is 5.27. The molecule has 21 heavy (non-hydrogen) atoms. The fourth-order valence-electron chi connectivity index (χ4n) is 1.89. The quantitative estimate of drug-likeness (QED) is 0.642. The van der Waals surface area contributed by atoms with Crippen LogP contribution in [0.1, 0.15) is 31.9 Å². The summed E-state index contributed by atoms with van der Waals surface area (Å²) in [7, 11) is 0. The summed E-state index contributed by atoms with van der Waals surface area (Å²) in [5.41, 5.74) is 0.772. The van der Waals surface area contributed by atoms with Crippen LogP contribution in [0.5, 0.6) is 0 Å². The molecule has 1 aromatic carbocycles. The van der Waals surface area contributed by atoms with Gasteiger partial charge in [0.25, 0.3) is 0 Å². The molecule has 0 aliphatic heterocycles. The number of hydrogen-bond acceptors (Lipinski definition) is 3. The summed E-state index contributed by atoms with van der Waals surface area (Å²) in [6.07, 6.45) is 1.55. The topological polar surface area (TPSA) is 98.7 Å². The van der Waals surface area contributed by atoms with Crippen LogP contribution in [0.3, 0.4) is 0 Å². The summed E-state index contributed by atoms with van der Waals surface area (Å²) in [6.45, 7) is 4.75. The molecule has 6 heteroatoms. The van der Waals surface area contributed by atoms with Crippen LogP contribution in [-0.4, -0.2) is 34.4 Å². The van der Waals surface area contributed by atoms with Gasteiger partial charge in [0.15, 0.2) is 5.60 Å². The highest BCUT2D eigenvalue weighted by molar-refractivity contribution is 5.91. The Bertz CT molecular complexity index is 504. The minimum Gasteiger partial charge on any atom is -0.479 e. The van der Waals surface area contributed by atoms with E-state index < -0.39 is 17.6 Å². The lowest BCUT2D eigenvalue weighted by Gasteiger charge is -2.20. The first-order valence-corrected chi connectivity index (χ1v) is 6.93. The van der Waals surface area contributed by atoms with Crippen molar-refractivity contribution in [2.45, 2.75) is 39.2 Å². The maximum atomic E-state index is 11.9. The van der Waals surface area contributed by atoms with Gasteiger partial charge in [-0.05, 0) is 30.9 Å². The third-order valence-electron chi connectivity index (χ3n) is 3.29. The van der Waals surface area contributed by atoms with E-state index in [9.17, 15) is 14.7 Å². The number of amides is 2. The molecule has 1 atom stereocenters. The van der Waals surface area contributed by atoms with Crippen LogP contribution < -0.4 is 10.6 Å². The number of aryl methyl sites for hydroxylation is 2. The van der Waals surface area contributed by atoms with Crippen LogP contribution in [0.15, 0.2) is 18.2 Å². The molecule has 0 aromatic heterocycles. The summed E-state index contributed by atoms with van der Waals surface area (Å²) in [5.74, 6) is -1.38. The van der Waals surface area contributed by atoms with Crippen LogP contribution >= 0.6 is 0 Å². The highest BCUT2D eigenvalue weighted by Gasteiger charge is 2.30. The van der Waals surface area contributed by atoms with Gasteiger partial charge in [-0.15, -0.1) is 0 Å². The number of para-hydroxylation sites is 1. The van der Waals surface area contributed by atoms with Crippen LogP contribution in [0.25, 0.3) is 0 Å². The Balaban J connectivity index is 2.78. The highest BCUT2D eigenvalue weighted by atomic mass is 16.4. The fourth-order valence-corrected chi connectivity index (χ4v) is 1.89. The second-order valence-corrected chi connectivity index (χ2v) is 5.05. The van der Waals surface area contributed by atoms with E-state index in [1.165, 1.54) is 0 Å². The molecule has 6 nitrogen and oxygen atoms in total. The van der Waals surface area contributed by atoms with Crippen molar-refractivity contribution in [2.75, 3.05) is 11.9 Å². The largest absolute Gasteiger partial charge is 0.479 e. The lowest BCUT2D eigenvalue weighted by atomic mass is 10.0. The van der Waals surface area contributed by atoms with Crippen molar-refractivity contribution in [3.63, 3.8) is 0 Å². The molecule has 0 aliphatic rings. The first-order valence-electron chi connectivity index (χ1n) is 6.93. The molecular weight excluding hydrogens is 272 g/mol. The second kappa shape index (κ2) is 7.08. The average molecular weight is 294 g/mol. The van der Waals surface area contributed by atoms with E-state index >= 15 is 0 Å². The van der Waals surface area contributed by atoms with Crippen LogP contribution in [0.2, 0.25) is 0 Å². The Morgan fingerprint density at radius 3 is 2.14 bits per heavy atom. The SMILES string of the molecule is CCc1cccc(CC)c1NC(=O)NCC(C)(O)C(=O)O. The van der Waals surface area contributed by atoms with Crippen LogP contribution in [0.4, 0.5) is 10.5 Å². The Morgan fingerprint density at radius 1 is 1.19 bits per heavy atom. The number of hydrogen-bond donors (Lipinski definition) is 4. The molecule has 0 heterocycles. The summed E-state index contributed by atoms with van der Waals surface area (Å²) >= 11 is 0. The molecule has 4 N–H and O–H groups in total. The molecule has 0 fully saturated rings. The molecule has 0 radical (unpaired) electrons. The summed E-state index contributed by atoms with van der Waals surface area (Å²) < 4.78 is 0. The van der Waals surface area contributed by atoms with E-state index in [4.69, 9.17) is 5.11 Å². The van der Waals surface area contributed by atoms with Crippen molar-refractivity contribution in [2.24, 2.45) is 0 Å². The average Bonchev–Trinajstić information content (AvgIpc) is 2.45. The molecule has 0 saturated heterocycles. The van der Waals surface area contributed by atoms with E-state index in [1.54, 1.807) is 0 Å². The number of carboxylic acids is 1. The lowest BCUT2D eigenvalue weighted by molar-refractivity contribution is -0.155. The molecule has 116 valence electrons. The number of aliphatic carboxylic acids is 1. The summed E-state index contributed by atoms with van der Waals surface area (Å²) in [4.78, 5) is 22.7. The Labute approximate surface area is 124 Å². The number of carbonyl (C=O) groups is 2. The predicted octanol–water partition coefficient (Wildman–Crippen LogP) is 1.77. The number of anilines is 1. The van der Waals surface area contributed by atoms with Gasteiger partial charge in [0.05, 0.1) is 6.54 Å². The zero-order valence-electron chi connectivity index (χ0n) is 12.6. The van der Waals surface area contributed by atoms with Crippen molar-refractivity contribution in [3.8, 4) is 0 Å². The van der Waals surface area contributed by atoms with Crippen LogP contribution in [0, 0.1) is 0 Å². The van der Waals surface area contributed by atoms with E-state index in [0.29, 0.717) is 0 Å². The molecule has 1 aromatic rings. The Hall–Kier alpha value is -2.08. The maximum Gasteiger partial charge on any atom is 0.337 e. The van der Waals surface area contributed by atoms with Gasteiger partial charge < -0.3 is 20.8 Å². The first kappa shape index (κ1) is 17.0. The lowest BCUT2D eigenvalue weighted by Crippen LogP contribution is -2.47. The van der Waals surface area contributed by atoms with Gasteiger partial charge >= 0.3 is 12.0 Å². The fraction of sp³-hybridized carbons (Fsp3) is 0.467. The van der Waals surface area contributed by atoms with Gasteiger partial charge in [0.2, 0.25) is 0 Å². The van der Waals surface area contributed by atoms with Crippen molar-refractivity contribution in [1.82, 2.24) is 5.32 Å². The summed E-state index contributed by atoms with van der Waals surface area (Å²) in [5, 5.41) is 23.5. The van der Waals surface area contributed by atoms with Crippen molar-refractivity contribution < 1.29 is 19.8 Å². The molecule has 0 spiro atoms. The Morgan fingerprint density at radius 2 is 1.71 bits per heavy atom. The third-order valence-corrected chi connectivity index (χ3v) is 3.29. The van der Waals surface area contributed by atoms with Crippen LogP contribution in [-0.2, 0) is 17.6 Å². The minimum atomic E-state index is -1.99. The number of aliphatic hydroxyl groups is 1. The number of rotatable bonds is 6. The zero-order chi connectivity index (χ0) is 16.0. The van der Waals surface area contributed by atoms with Gasteiger partial charge in [0.1, 0.15) is 0 Å². The van der Waals surface area contributed by atoms with E-state index in [1.807, 2.05) is 32.0 Å². The second-order valence-electron chi connectivity index (χ2n) is 5.05. The van der Waals surface area contributed by atoms with Gasteiger partial charge in [-0.2, -0.15) is 0 Å². The third kappa shape index (κ3) is 4.46. The Kier molecular flexibility index (Phi) is 5.72. The minimum absolute atomic E-state index is 0.371. The maximum absolute atomic E-state index is 11.9. The monoisotopic (exact) mass is 294 g/mol. The first-order chi connectivity index (χ1) is 9.81. The van der Waals surface area contributed by atoms with Gasteiger partial charge in [0, 0.05) is 5.69 Å². The van der Waals surface area contributed by atoms with E-state index in [2.05, 4.69) is 10.6 Å². The number of nitrogens with one attached hydrogen (secondary N) is 2. The number of carboxylic acid groups (broad SMARTS) is 1. The zero-order valence-corrected chi connectivity index (χ0v) is 12.6. The molecule has 0 saturated carbocycles.